The third kappa shape index (κ3) is 5.18. The number of hydrogen-bond acceptors (Lipinski definition) is 7. The third-order valence-corrected chi connectivity index (χ3v) is 7.43. The van der Waals surface area contributed by atoms with Gasteiger partial charge in [-0.25, -0.2) is 4.79 Å². The Labute approximate surface area is 231 Å². The number of ketones is 1. The van der Waals surface area contributed by atoms with E-state index in [1.807, 2.05) is 12.1 Å². The van der Waals surface area contributed by atoms with Gasteiger partial charge in [0.05, 0.1) is 25.9 Å². The van der Waals surface area contributed by atoms with Crippen molar-refractivity contribution in [1.29, 1.82) is 0 Å². The molecule has 0 fully saturated rings. The van der Waals surface area contributed by atoms with Gasteiger partial charge in [-0.15, -0.1) is 0 Å². The first-order chi connectivity index (χ1) is 18.2. The molecule has 1 heterocycles. The topological polar surface area (TPSA) is 90.9 Å². The summed E-state index contributed by atoms with van der Waals surface area (Å²) in [6.45, 7) is 5.45. The molecule has 0 saturated heterocycles. The van der Waals surface area contributed by atoms with Crippen molar-refractivity contribution in [2.75, 3.05) is 20.3 Å². The number of carbonyl (C=O) groups is 3. The van der Waals surface area contributed by atoms with Crippen LogP contribution in [0.5, 0.6) is 5.75 Å². The van der Waals surface area contributed by atoms with Gasteiger partial charge in [-0.3, -0.25) is 9.59 Å². The van der Waals surface area contributed by atoms with Crippen LogP contribution in [-0.4, -0.2) is 38.0 Å². The van der Waals surface area contributed by atoms with Crippen molar-refractivity contribution in [3.63, 3.8) is 0 Å². The quantitative estimate of drug-likeness (QED) is 0.344. The second kappa shape index (κ2) is 11.6. The zero-order chi connectivity index (χ0) is 27.6. The predicted octanol–water partition coefficient (Wildman–Crippen LogP) is 5.72. The Morgan fingerprint density at radius 3 is 2.32 bits per heavy atom. The van der Waals surface area contributed by atoms with Crippen molar-refractivity contribution >= 4 is 40.9 Å². The fraction of sp³-hybridized carbons (Fsp3) is 0.345. The summed E-state index contributed by atoms with van der Waals surface area (Å²) in [5.74, 6) is -3.40. The summed E-state index contributed by atoms with van der Waals surface area (Å²) >= 11 is 12.8. The smallest absolute Gasteiger partial charge is 0.336 e. The lowest BCUT2D eigenvalue weighted by Gasteiger charge is -2.39. The van der Waals surface area contributed by atoms with Crippen LogP contribution in [0.4, 0.5) is 0 Å². The highest BCUT2D eigenvalue weighted by atomic mass is 35.5. The zero-order valence-corrected chi connectivity index (χ0v) is 23.1. The summed E-state index contributed by atoms with van der Waals surface area (Å²) in [4.78, 5) is 40.8. The molecule has 1 N–H and O–H groups in total. The molecule has 0 aromatic heterocycles. The van der Waals surface area contributed by atoms with Gasteiger partial charge in [0.2, 0.25) is 0 Å². The van der Waals surface area contributed by atoms with Crippen LogP contribution in [0, 0.1) is 5.92 Å². The molecule has 1 aliphatic carbocycles. The molecule has 2 aromatic carbocycles. The van der Waals surface area contributed by atoms with Crippen LogP contribution in [0.3, 0.4) is 0 Å². The molecule has 7 nitrogen and oxygen atoms in total. The number of halogens is 2. The Bertz CT molecular complexity index is 1330. The largest absolute Gasteiger partial charge is 0.497 e. The van der Waals surface area contributed by atoms with Crippen LogP contribution < -0.4 is 10.1 Å². The van der Waals surface area contributed by atoms with Gasteiger partial charge in [0.15, 0.2) is 5.78 Å². The summed E-state index contributed by atoms with van der Waals surface area (Å²) < 4.78 is 16.0. The van der Waals surface area contributed by atoms with Crippen LogP contribution in [-0.2, 0) is 23.9 Å². The summed E-state index contributed by atoms with van der Waals surface area (Å²) in [7, 11) is 1.57. The molecule has 200 valence electrons. The second-order valence-corrected chi connectivity index (χ2v) is 9.90. The van der Waals surface area contributed by atoms with E-state index >= 15 is 0 Å². The molecule has 9 heteroatoms. The van der Waals surface area contributed by atoms with Gasteiger partial charge in [0.1, 0.15) is 11.7 Å². The standard InChI is InChI=1S/C29H29Cl2NO6/c1-5-37-28(34)23-15(3)32-22-14-20(16-7-10-18(36-4)11-8-16)25(29(35)38-6-2)27(33)26(22)24(23)19-12-9-17(30)13-21(19)31/h7-13,20,24-25,32H,5-6,14H2,1-4H3/t20-,24-,25+/m0/s1. The first-order valence-electron chi connectivity index (χ1n) is 12.4. The van der Waals surface area contributed by atoms with E-state index < -0.39 is 35.5 Å². The summed E-state index contributed by atoms with van der Waals surface area (Å²) in [5.41, 5.74) is 3.04. The lowest BCUT2D eigenvalue weighted by atomic mass is 9.67. The number of ether oxygens (including phenoxy) is 3. The van der Waals surface area contributed by atoms with E-state index in [0.717, 1.165) is 5.56 Å². The number of hydrogen-bond donors (Lipinski definition) is 1. The molecule has 1 aliphatic heterocycles. The number of benzene rings is 2. The van der Waals surface area contributed by atoms with Gasteiger partial charge in [0, 0.05) is 38.8 Å². The number of methoxy groups -OCH3 is 1. The molecule has 0 bridgehead atoms. The van der Waals surface area contributed by atoms with Crippen LogP contribution in [0.1, 0.15) is 50.2 Å². The summed E-state index contributed by atoms with van der Waals surface area (Å²) in [6, 6.07) is 12.2. The summed E-state index contributed by atoms with van der Waals surface area (Å²) in [6.07, 6.45) is 0.339. The fourth-order valence-corrected chi connectivity index (χ4v) is 5.74. The Kier molecular flexibility index (Phi) is 8.48. The van der Waals surface area contributed by atoms with Crippen LogP contribution >= 0.6 is 23.2 Å². The third-order valence-electron chi connectivity index (χ3n) is 6.87. The van der Waals surface area contributed by atoms with Crippen LogP contribution in [0.2, 0.25) is 10.0 Å². The minimum Gasteiger partial charge on any atom is -0.497 e. The van der Waals surface area contributed by atoms with Gasteiger partial charge in [-0.1, -0.05) is 41.4 Å². The lowest BCUT2D eigenvalue weighted by Crippen LogP contribution is -2.43. The first kappa shape index (κ1) is 27.7. The highest BCUT2D eigenvalue weighted by Gasteiger charge is 2.49. The highest BCUT2D eigenvalue weighted by molar-refractivity contribution is 6.35. The Hall–Kier alpha value is -3.29. The van der Waals surface area contributed by atoms with Crippen LogP contribution in [0.25, 0.3) is 0 Å². The first-order valence-corrected chi connectivity index (χ1v) is 13.1. The maximum Gasteiger partial charge on any atom is 0.336 e. The number of rotatable bonds is 7. The molecule has 3 atom stereocenters. The molecule has 2 aromatic rings. The van der Waals surface area contributed by atoms with E-state index in [4.69, 9.17) is 37.4 Å². The number of nitrogens with one attached hydrogen (secondary N) is 1. The average Bonchev–Trinajstić information content (AvgIpc) is 2.88. The van der Waals surface area contributed by atoms with E-state index in [0.29, 0.717) is 44.7 Å². The minimum absolute atomic E-state index is 0.127. The predicted molar refractivity (Wildman–Crippen MR) is 144 cm³/mol. The molecule has 0 spiro atoms. The van der Waals surface area contributed by atoms with Gasteiger partial charge in [0.25, 0.3) is 0 Å². The molecular formula is C29H29Cl2NO6. The molecule has 0 radical (unpaired) electrons. The van der Waals surface area contributed by atoms with Crippen molar-refractivity contribution < 1.29 is 28.6 Å². The number of Topliss-reactive ketones (excluding diaryl/α,β-unsaturated/α-hetero) is 1. The number of allylic oxidation sites excluding steroid dienone is 3. The molecule has 4 rings (SSSR count). The Morgan fingerprint density at radius 2 is 1.71 bits per heavy atom. The molecule has 2 aliphatic rings. The maximum absolute atomic E-state index is 14.3. The second-order valence-electron chi connectivity index (χ2n) is 9.05. The highest BCUT2D eigenvalue weighted by Crippen LogP contribution is 2.49. The molecule has 0 amide bonds. The van der Waals surface area contributed by atoms with Crippen LogP contribution in [0.15, 0.2) is 65.0 Å². The Morgan fingerprint density at radius 1 is 1.03 bits per heavy atom. The zero-order valence-electron chi connectivity index (χ0n) is 21.6. The minimum atomic E-state index is -1.11. The van der Waals surface area contributed by atoms with Crippen molar-refractivity contribution in [2.45, 2.75) is 39.0 Å². The molecule has 38 heavy (non-hydrogen) atoms. The van der Waals surface area contributed by atoms with Crippen molar-refractivity contribution in [1.82, 2.24) is 5.32 Å². The summed E-state index contributed by atoms with van der Waals surface area (Å²) in [5, 5.41) is 3.99. The van der Waals surface area contributed by atoms with E-state index in [1.54, 1.807) is 58.2 Å². The average molecular weight is 558 g/mol. The monoisotopic (exact) mass is 557 g/mol. The van der Waals surface area contributed by atoms with Gasteiger partial charge < -0.3 is 19.5 Å². The molecule has 0 unspecified atom stereocenters. The maximum atomic E-state index is 14.3. The normalized spacial score (nSPS) is 21.0. The van der Waals surface area contributed by atoms with E-state index in [-0.39, 0.29) is 18.8 Å². The van der Waals surface area contributed by atoms with Gasteiger partial charge in [-0.05, 0) is 62.6 Å². The number of carbonyl (C=O) groups excluding carboxylic acids is 3. The number of dihydropyridines is 1. The van der Waals surface area contributed by atoms with Crippen molar-refractivity contribution in [3.8, 4) is 5.75 Å². The van der Waals surface area contributed by atoms with E-state index in [9.17, 15) is 14.4 Å². The van der Waals surface area contributed by atoms with Crippen molar-refractivity contribution in [3.05, 3.63) is 86.2 Å². The number of esters is 2. The van der Waals surface area contributed by atoms with Gasteiger partial charge in [-0.2, -0.15) is 0 Å². The molecule has 0 saturated carbocycles. The van der Waals surface area contributed by atoms with E-state index in [2.05, 4.69) is 5.32 Å². The molecular weight excluding hydrogens is 529 g/mol. The fourth-order valence-electron chi connectivity index (χ4n) is 5.23. The van der Waals surface area contributed by atoms with E-state index in [1.165, 1.54) is 0 Å². The Balaban J connectivity index is 1.91. The SMILES string of the molecule is CCOC(=O)C1=C(C)NC2=C(C(=O)[C@H](C(=O)OCC)[C@H](c3ccc(OC)cc3)C2)[C@H]1c1ccc(Cl)cc1Cl. The van der Waals surface area contributed by atoms with Gasteiger partial charge >= 0.3 is 11.9 Å². The van der Waals surface area contributed by atoms with Crippen molar-refractivity contribution in [2.24, 2.45) is 5.92 Å². The lowest BCUT2D eigenvalue weighted by molar-refractivity contribution is -0.152.